The van der Waals surface area contributed by atoms with Crippen LogP contribution in [0.3, 0.4) is 0 Å². The molecular weight excluding hydrogens is 452 g/mol. The maximum Gasteiger partial charge on any atom is 0.256 e. The average Bonchev–Trinajstić information content (AvgIpc) is 2.75. The largest absolute Gasteiger partial charge is 0.497 e. The van der Waals surface area contributed by atoms with Crippen molar-refractivity contribution in [2.45, 2.75) is 20.8 Å². The van der Waals surface area contributed by atoms with Gasteiger partial charge in [0.25, 0.3) is 5.91 Å². The molecule has 156 valence electrons. The Bertz CT molecular complexity index is 1300. The fourth-order valence-corrected chi connectivity index (χ4v) is 3.95. The van der Waals surface area contributed by atoms with Crippen LogP contribution in [0.4, 0.5) is 5.69 Å². The number of hydrogen-bond donors (Lipinski definition) is 1. The van der Waals surface area contributed by atoms with Gasteiger partial charge in [0.05, 0.1) is 23.9 Å². The first kappa shape index (κ1) is 21.1. The number of carbonyl (C=O) groups excluding carboxylic acids is 1. The van der Waals surface area contributed by atoms with E-state index < -0.39 is 0 Å². The number of rotatable bonds is 4. The number of methoxy groups -OCH3 is 1. The van der Waals surface area contributed by atoms with E-state index in [4.69, 9.17) is 9.72 Å². The molecule has 3 aromatic carbocycles. The Labute approximate surface area is 190 Å². The van der Waals surface area contributed by atoms with E-state index in [0.29, 0.717) is 5.56 Å². The number of fused-ring (bicyclic) bond motifs is 1. The summed E-state index contributed by atoms with van der Waals surface area (Å²) in [6, 6.07) is 19.5. The molecule has 0 atom stereocenters. The van der Waals surface area contributed by atoms with Gasteiger partial charge in [-0.2, -0.15) is 0 Å². The van der Waals surface area contributed by atoms with Crippen molar-refractivity contribution in [1.29, 1.82) is 0 Å². The lowest BCUT2D eigenvalue weighted by atomic mass is 9.99. The van der Waals surface area contributed by atoms with Crippen LogP contribution < -0.4 is 10.1 Å². The number of aromatic nitrogens is 1. The van der Waals surface area contributed by atoms with Crippen molar-refractivity contribution >= 4 is 38.4 Å². The Morgan fingerprint density at radius 1 is 0.935 bits per heavy atom. The minimum atomic E-state index is -0.158. The molecule has 0 aliphatic carbocycles. The second-order valence-electron chi connectivity index (χ2n) is 7.68. The first-order chi connectivity index (χ1) is 14.9. The molecule has 0 unspecified atom stereocenters. The van der Waals surface area contributed by atoms with Crippen molar-refractivity contribution in [3.63, 3.8) is 0 Å². The highest BCUT2D eigenvalue weighted by Gasteiger charge is 2.16. The predicted octanol–water partition coefficient (Wildman–Crippen LogP) is 6.85. The van der Waals surface area contributed by atoms with Crippen LogP contribution in [0.5, 0.6) is 5.75 Å². The maximum atomic E-state index is 13.4. The summed E-state index contributed by atoms with van der Waals surface area (Å²) in [5.74, 6) is 0.619. The highest BCUT2D eigenvalue weighted by Crippen LogP contribution is 2.30. The molecule has 0 spiro atoms. The maximum absolute atomic E-state index is 13.4. The van der Waals surface area contributed by atoms with E-state index in [-0.39, 0.29) is 5.91 Å². The number of ether oxygens (including phenoxy) is 1. The highest BCUT2D eigenvalue weighted by atomic mass is 79.9. The lowest BCUT2D eigenvalue weighted by Crippen LogP contribution is -2.13. The second-order valence-corrected chi connectivity index (χ2v) is 8.53. The van der Waals surface area contributed by atoms with Gasteiger partial charge in [-0.3, -0.25) is 4.79 Å². The standard InChI is InChI=1S/C26H23BrN2O2/c1-15-11-17(3)25-21(12-15)22(26(30)28-19-7-10-23(27)16(2)13-19)14-24(29-25)18-5-8-20(31-4)9-6-18/h5-14H,1-4H3,(H,28,30). The van der Waals surface area contributed by atoms with Gasteiger partial charge in [0, 0.05) is 21.1 Å². The summed E-state index contributed by atoms with van der Waals surface area (Å²) in [5.41, 5.74) is 7.06. The smallest absolute Gasteiger partial charge is 0.256 e. The molecule has 1 amide bonds. The third-order valence-corrected chi connectivity index (χ3v) is 6.18. The van der Waals surface area contributed by atoms with Gasteiger partial charge in [-0.25, -0.2) is 4.98 Å². The van der Waals surface area contributed by atoms with Crippen LogP contribution in [0.25, 0.3) is 22.2 Å². The van der Waals surface area contributed by atoms with Gasteiger partial charge in [-0.1, -0.05) is 27.6 Å². The number of halogens is 1. The van der Waals surface area contributed by atoms with E-state index in [1.807, 2.05) is 75.4 Å². The zero-order chi connectivity index (χ0) is 22.1. The van der Waals surface area contributed by atoms with Crippen molar-refractivity contribution in [1.82, 2.24) is 4.98 Å². The number of nitrogens with one attached hydrogen (secondary N) is 1. The Morgan fingerprint density at radius 2 is 1.68 bits per heavy atom. The summed E-state index contributed by atoms with van der Waals surface area (Å²) in [6.07, 6.45) is 0. The number of benzene rings is 3. The Kier molecular flexibility index (Phi) is 5.79. The third-order valence-electron chi connectivity index (χ3n) is 5.29. The molecule has 0 bridgehead atoms. The molecule has 4 rings (SSSR count). The van der Waals surface area contributed by atoms with E-state index in [9.17, 15) is 4.79 Å². The summed E-state index contributed by atoms with van der Waals surface area (Å²) in [7, 11) is 1.64. The van der Waals surface area contributed by atoms with Crippen molar-refractivity contribution < 1.29 is 9.53 Å². The lowest BCUT2D eigenvalue weighted by molar-refractivity contribution is 0.102. The first-order valence-corrected chi connectivity index (χ1v) is 10.8. The predicted molar refractivity (Wildman–Crippen MR) is 130 cm³/mol. The van der Waals surface area contributed by atoms with Crippen molar-refractivity contribution in [3.8, 4) is 17.0 Å². The van der Waals surface area contributed by atoms with E-state index in [0.717, 1.165) is 54.8 Å². The summed E-state index contributed by atoms with van der Waals surface area (Å²) < 4.78 is 6.27. The van der Waals surface area contributed by atoms with Gasteiger partial charge in [0.1, 0.15) is 5.75 Å². The molecule has 0 saturated heterocycles. The minimum Gasteiger partial charge on any atom is -0.497 e. The van der Waals surface area contributed by atoms with Gasteiger partial charge in [-0.15, -0.1) is 0 Å². The molecule has 1 heterocycles. The summed E-state index contributed by atoms with van der Waals surface area (Å²) in [6.45, 7) is 6.06. The monoisotopic (exact) mass is 474 g/mol. The van der Waals surface area contributed by atoms with E-state index in [1.165, 1.54) is 0 Å². The van der Waals surface area contributed by atoms with E-state index in [2.05, 4.69) is 27.3 Å². The number of amides is 1. The topological polar surface area (TPSA) is 51.2 Å². The van der Waals surface area contributed by atoms with Crippen LogP contribution >= 0.6 is 15.9 Å². The molecule has 0 aliphatic rings. The van der Waals surface area contributed by atoms with Gasteiger partial charge in [0.2, 0.25) is 0 Å². The molecule has 4 aromatic rings. The molecule has 0 radical (unpaired) electrons. The number of anilines is 1. The van der Waals surface area contributed by atoms with E-state index in [1.54, 1.807) is 7.11 Å². The quantitative estimate of drug-likeness (QED) is 0.351. The molecule has 1 N–H and O–H groups in total. The SMILES string of the molecule is COc1ccc(-c2cc(C(=O)Nc3ccc(Br)c(C)c3)c3cc(C)cc(C)c3n2)cc1. The van der Waals surface area contributed by atoms with Gasteiger partial charge < -0.3 is 10.1 Å². The van der Waals surface area contributed by atoms with Crippen LogP contribution in [0.1, 0.15) is 27.0 Å². The highest BCUT2D eigenvalue weighted by molar-refractivity contribution is 9.10. The summed E-state index contributed by atoms with van der Waals surface area (Å²) >= 11 is 3.50. The Balaban J connectivity index is 1.84. The van der Waals surface area contributed by atoms with Crippen LogP contribution in [-0.2, 0) is 0 Å². The first-order valence-electron chi connectivity index (χ1n) is 9.99. The van der Waals surface area contributed by atoms with Crippen molar-refractivity contribution in [2.24, 2.45) is 0 Å². The number of nitrogens with zero attached hydrogens (tertiary/aromatic N) is 1. The number of carbonyl (C=O) groups is 1. The molecule has 4 nitrogen and oxygen atoms in total. The summed E-state index contributed by atoms with van der Waals surface area (Å²) in [4.78, 5) is 18.3. The van der Waals surface area contributed by atoms with Crippen LogP contribution in [0.2, 0.25) is 0 Å². The van der Waals surface area contributed by atoms with Gasteiger partial charge in [-0.05, 0) is 86.5 Å². The van der Waals surface area contributed by atoms with Crippen LogP contribution in [0, 0.1) is 20.8 Å². The summed E-state index contributed by atoms with van der Waals surface area (Å²) in [5, 5.41) is 3.89. The minimum absolute atomic E-state index is 0.158. The van der Waals surface area contributed by atoms with E-state index >= 15 is 0 Å². The second kappa shape index (κ2) is 8.52. The zero-order valence-corrected chi connectivity index (χ0v) is 19.5. The zero-order valence-electron chi connectivity index (χ0n) is 17.9. The molecule has 1 aromatic heterocycles. The number of aryl methyl sites for hydroxylation is 3. The molecule has 0 fully saturated rings. The van der Waals surface area contributed by atoms with Gasteiger partial charge >= 0.3 is 0 Å². The van der Waals surface area contributed by atoms with Crippen LogP contribution in [0.15, 0.2) is 65.1 Å². The van der Waals surface area contributed by atoms with Crippen LogP contribution in [-0.4, -0.2) is 18.0 Å². The number of pyridine rings is 1. The number of hydrogen-bond acceptors (Lipinski definition) is 3. The molecule has 31 heavy (non-hydrogen) atoms. The lowest BCUT2D eigenvalue weighted by Gasteiger charge is -2.14. The van der Waals surface area contributed by atoms with Crippen molar-refractivity contribution in [2.75, 3.05) is 12.4 Å². The van der Waals surface area contributed by atoms with Crippen molar-refractivity contribution in [3.05, 3.63) is 87.4 Å². The fraction of sp³-hybridized carbons (Fsp3) is 0.154. The Morgan fingerprint density at radius 3 is 2.35 bits per heavy atom. The molecule has 0 saturated carbocycles. The molecule has 0 aliphatic heterocycles. The molecular formula is C26H23BrN2O2. The average molecular weight is 475 g/mol. The molecule has 5 heteroatoms. The normalized spacial score (nSPS) is 10.9. The fourth-order valence-electron chi connectivity index (χ4n) is 3.70. The van der Waals surface area contributed by atoms with Gasteiger partial charge in [0.15, 0.2) is 0 Å². The third kappa shape index (κ3) is 4.32. The Hall–Kier alpha value is -3.18.